The molecule has 1 aromatic carbocycles. The molecule has 4 aromatic rings. The number of hydrogen-bond acceptors (Lipinski definition) is 8. The highest BCUT2D eigenvalue weighted by Gasteiger charge is 2.37. The van der Waals surface area contributed by atoms with Crippen LogP contribution in [0.5, 0.6) is 11.5 Å². The lowest BCUT2D eigenvalue weighted by Crippen LogP contribution is -2.38. The van der Waals surface area contributed by atoms with E-state index in [1.807, 2.05) is 0 Å². The summed E-state index contributed by atoms with van der Waals surface area (Å²) in [6.45, 7) is 5.67. The number of nitrogens with zero attached hydrogens (tertiary/aromatic N) is 6. The van der Waals surface area contributed by atoms with Crippen LogP contribution in [0.15, 0.2) is 37.1 Å². The first-order valence-corrected chi connectivity index (χ1v) is 12.0. The van der Waals surface area contributed by atoms with Gasteiger partial charge in [-0.2, -0.15) is 0 Å². The highest BCUT2D eigenvalue weighted by atomic mass is 35.5. The third-order valence-corrected chi connectivity index (χ3v) is 6.45. The Bertz CT molecular complexity index is 1550. The lowest BCUT2D eigenvalue weighted by atomic mass is 9.95. The molecule has 0 N–H and O–H groups in total. The summed E-state index contributed by atoms with van der Waals surface area (Å²) in [7, 11) is 0. The van der Waals surface area contributed by atoms with Crippen LogP contribution in [0.3, 0.4) is 0 Å². The van der Waals surface area contributed by atoms with E-state index in [-0.39, 0.29) is 19.1 Å². The Kier molecular flexibility index (Phi) is 5.41. The van der Waals surface area contributed by atoms with Gasteiger partial charge in [-0.3, -0.25) is 9.30 Å². The fourth-order valence-corrected chi connectivity index (χ4v) is 4.86. The van der Waals surface area contributed by atoms with Crippen LogP contribution < -0.4 is 14.4 Å². The molecule has 1 amide bonds. The van der Waals surface area contributed by atoms with Crippen LogP contribution in [0.2, 0.25) is 5.02 Å². The summed E-state index contributed by atoms with van der Waals surface area (Å²) in [5, 5.41) is 8.64. The third-order valence-electron chi connectivity index (χ3n) is 6.17. The highest BCUT2D eigenvalue weighted by Crippen LogP contribution is 2.44. The predicted octanol–water partition coefficient (Wildman–Crippen LogP) is 4.79. The van der Waals surface area contributed by atoms with Gasteiger partial charge in [-0.25, -0.2) is 19.2 Å². The molecule has 5 heterocycles. The Balaban J connectivity index is 1.61. The summed E-state index contributed by atoms with van der Waals surface area (Å²) >= 11 is 6.41. The largest absolute Gasteiger partial charge is 0.493 e. The number of amides is 1. The van der Waals surface area contributed by atoms with Gasteiger partial charge in [0.2, 0.25) is 0 Å². The molecule has 2 aliphatic rings. The van der Waals surface area contributed by atoms with Crippen LogP contribution in [0, 0.1) is 5.82 Å². The molecule has 0 unspecified atom stereocenters. The first-order chi connectivity index (χ1) is 17.7. The normalized spacial score (nSPS) is 16.7. The zero-order valence-electron chi connectivity index (χ0n) is 20.2. The monoisotopic (exact) mass is 524 g/mol. The number of anilines is 1. The zero-order valence-corrected chi connectivity index (χ0v) is 21.0. The Hall–Kier alpha value is -3.99. The first-order valence-electron chi connectivity index (χ1n) is 11.6. The highest BCUT2D eigenvalue weighted by molar-refractivity contribution is 6.33. The van der Waals surface area contributed by atoms with Crippen molar-refractivity contribution in [3.8, 4) is 22.8 Å². The molecule has 0 spiro atoms. The SMILES string of the molecule is CC(C)(C)OC(=O)N1Cc2c(F)ccc3c2[C@H](CO3)COc2cc(-c3ncncc3Cl)c3nncn3c21. The van der Waals surface area contributed by atoms with E-state index < -0.39 is 17.5 Å². The van der Waals surface area contributed by atoms with Crippen LogP contribution in [-0.2, 0) is 11.3 Å². The second kappa shape index (κ2) is 8.55. The minimum atomic E-state index is -0.805. The molecule has 1 atom stereocenters. The standard InChI is InChI=1S/C25H22ClFN6O4/c1-25(2,3)37-24(34)32-8-15-17(27)4-5-18-20(15)13(9-35-18)10-36-19-6-14(21-16(26)7-28-11-29-21)22-31-30-12-33(22)23(19)32/h4-7,11-13H,8-10H2,1-3H3/t13-/m1/s1. The summed E-state index contributed by atoms with van der Waals surface area (Å²) in [4.78, 5) is 23.2. The molecule has 3 aromatic heterocycles. The van der Waals surface area contributed by atoms with Crippen LogP contribution in [0.25, 0.3) is 16.9 Å². The summed E-state index contributed by atoms with van der Waals surface area (Å²) in [6.07, 6.45) is 3.62. The van der Waals surface area contributed by atoms with Crippen molar-refractivity contribution in [2.24, 2.45) is 0 Å². The van der Waals surface area contributed by atoms with Crippen molar-refractivity contribution in [2.45, 2.75) is 38.8 Å². The molecule has 0 saturated carbocycles. The Labute approximate surface area is 216 Å². The molecule has 0 aliphatic carbocycles. The number of pyridine rings is 1. The first kappa shape index (κ1) is 23.4. The maximum Gasteiger partial charge on any atom is 0.416 e. The van der Waals surface area contributed by atoms with E-state index in [4.69, 9.17) is 25.8 Å². The zero-order chi connectivity index (χ0) is 25.9. The van der Waals surface area contributed by atoms with Crippen molar-refractivity contribution in [1.29, 1.82) is 0 Å². The number of fused-ring (bicyclic) bond motifs is 3. The summed E-state index contributed by atoms with van der Waals surface area (Å²) in [5.41, 5.74) is 1.54. The maximum absolute atomic E-state index is 15.3. The second-order valence-electron chi connectivity index (χ2n) is 9.81. The molecule has 0 fully saturated rings. The van der Waals surface area contributed by atoms with Gasteiger partial charge in [0.1, 0.15) is 29.8 Å². The van der Waals surface area contributed by atoms with Crippen molar-refractivity contribution in [1.82, 2.24) is 24.6 Å². The Morgan fingerprint density at radius 1 is 1.22 bits per heavy atom. The van der Waals surface area contributed by atoms with Gasteiger partial charge in [-0.05, 0) is 39.0 Å². The van der Waals surface area contributed by atoms with E-state index in [0.717, 1.165) is 0 Å². The number of carbonyl (C=O) groups is 1. The second-order valence-corrected chi connectivity index (χ2v) is 10.2. The molecule has 2 aliphatic heterocycles. The van der Waals surface area contributed by atoms with E-state index in [1.54, 1.807) is 37.3 Å². The maximum atomic E-state index is 15.3. The molecule has 12 heteroatoms. The third kappa shape index (κ3) is 3.99. The molecule has 0 radical (unpaired) electrons. The molecular formula is C25H22ClFN6O4. The Morgan fingerprint density at radius 2 is 2.00 bits per heavy atom. The quantitative estimate of drug-likeness (QED) is 0.350. The number of ether oxygens (including phenoxy) is 3. The number of carbonyl (C=O) groups excluding carboxylic acids is 1. The number of hydrogen-bond donors (Lipinski definition) is 0. The van der Waals surface area contributed by atoms with Crippen molar-refractivity contribution in [2.75, 3.05) is 18.1 Å². The fourth-order valence-electron chi connectivity index (χ4n) is 4.65. The van der Waals surface area contributed by atoms with Crippen molar-refractivity contribution in [3.63, 3.8) is 0 Å². The van der Waals surface area contributed by atoms with Gasteiger partial charge < -0.3 is 14.2 Å². The average Bonchev–Trinajstić information content (AvgIpc) is 3.49. The summed E-state index contributed by atoms with van der Waals surface area (Å²) in [6, 6.07) is 4.65. The molecule has 37 heavy (non-hydrogen) atoms. The van der Waals surface area contributed by atoms with E-state index in [0.29, 0.717) is 57.0 Å². The van der Waals surface area contributed by atoms with Crippen molar-refractivity contribution in [3.05, 3.63) is 59.0 Å². The minimum absolute atomic E-state index is 0.124. The average molecular weight is 525 g/mol. The van der Waals surface area contributed by atoms with Crippen LogP contribution in [0.1, 0.15) is 37.8 Å². The topological polar surface area (TPSA) is 104 Å². The van der Waals surface area contributed by atoms with Gasteiger partial charge in [0.25, 0.3) is 0 Å². The Morgan fingerprint density at radius 3 is 2.76 bits per heavy atom. The van der Waals surface area contributed by atoms with E-state index in [1.165, 1.54) is 29.8 Å². The van der Waals surface area contributed by atoms with Crippen LogP contribution in [0.4, 0.5) is 15.0 Å². The van der Waals surface area contributed by atoms with Crippen LogP contribution >= 0.6 is 11.6 Å². The smallest absolute Gasteiger partial charge is 0.416 e. The lowest BCUT2D eigenvalue weighted by molar-refractivity contribution is 0.0574. The number of halogens is 2. The van der Waals surface area contributed by atoms with Crippen LogP contribution in [-0.4, -0.2) is 49.5 Å². The lowest BCUT2D eigenvalue weighted by Gasteiger charge is -2.29. The molecular weight excluding hydrogens is 503 g/mol. The fraction of sp³-hybridized carbons (Fsp3) is 0.320. The molecule has 0 saturated heterocycles. The summed E-state index contributed by atoms with van der Waals surface area (Å²) < 4.78 is 34.8. The number of rotatable bonds is 1. The minimum Gasteiger partial charge on any atom is -0.493 e. The van der Waals surface area contributed by atoms with Gasteiger partial charge in [0.15, 0.2) is 17.2 Å². The number of aromatic nitrogens is 5. The van der Waals surface area contributed by atoms with Crippen molar-refractivity contribution >= 4 is 29.2 Å². The molecule has 190 valence electrons. The predicted molar refractivity (Wildman–Crippen MR) is 132 cm³/mol. The van der Waals surface area contributed by atoms with Gasteiger partial charge >= 0.3 is 6.09 Å². The van der Waals surface area contributed by atoms with E-state index >= 15 is 4.39 Å². The number of benzene rings is 1. The molecule has 6 rings (SSSR count). The van der Waals surface area contributed by atoms with Gasteiger partial charge in [0.05, 0.1) is 42.0 Å². The van der Waals surface area contributed by atoms with Gasteiger partial charge in [0, 0.05) is 17.3 Å². The van der Waals surface area contributed by atoms with E-state index in [2.05, 4.69) is 20.2 Å². The molecule has 10 nitrogen and oxygen atoms in total. The van der Waals surface area contributed by atoms with E-state index in [9.17, 15) is 4.79 Å². The molecule has 0 bridgehead atoms. The van der Waals surface area contributed by atoms with Gasteiger partial charge in [-0.1, -0.05) is 11.6 Å². The van der Waals surface area contributed by atoms with Crippen molar-refractivity contribution < 1.29 is 23.4 Å². The summed E-state index contributed by atoms with van der Waals surface area (Å²) in [5.74, 6) is 0.499. The van der Waals surface area contributed by atoms with Gasteiger partial charge in [-0.15, -0.1) is 10.2 Å².